The van der Waals surface area contributed by atoms with Crippen molar-refractivity contribution in [3.63, 3.8) is 0 Å². The van der Waals surface area contributed by atoms with Crippen LogP contribution in [-0.4, -0.2) is 26.6 Å². The third kappa shape index (κ3) is 3.64. The molecule has 2 N–H and O–H groups in total. The molecule has 0 unspecified atom stereocenters. The van der Waals surface area contributed by atoms with Crippen molar-refractivity contribution in [2.45, 2.75) is 18.9 Å². The topological polar surface area (TPSA) is 70.7 Å². The van der Waals surface area contributed by atoms with Gasteiger partial charge in [0, 0.05) is 16.6 Å². The van der Waals surface area contributed by atoms with Gasteiger partial charge in [0.1, 0.15) is 22.7 Å². The van der Waals surface area contributed by atoms with E-state index in [1.165, 1.54) is 30.2 Å². The third-order valence-electron chi connectivity index (χ3n) is 4.15. The SMILES string of the molecule is Cc1cc(C)cc(NC(=O)CSc2ncnc3c2[nH]c2ccc(F)cc23)c1. The Balaban J connectivity index is 1.55. The van der Waals surface area contributed by atoms with Crippen molar-refractivity contribution in [2.75, 3.05) is 11.1 Å². The third-order valence-corrected chi connectivity index (χ3v) is 5.14. The highest BCUT2D eigenvalue weighted by Crippen LogP contribution is 2.30. The predicted octanol–water partition coefficient (Wildman–Crippen LogP) is 4.60. The van der Waals surface area contributed by atoms with Crippen molar-refractivity contribution in [3.05, 3.63) is 59.7 Å². The maximum absolute atomic E-state index is 13.5. The van der Waals surface area contributed by atoms with E-state index in [1.807, 2.05) is 26.0 Å². The average Bonchev–Trinajstić information content (AvgIpc) is 2.97. The standard InChI is InChI=1S/C20H17FN4OS/c1-11-5-12(2)7-14(6-11)24-17(26)9-27-20-19-18(22-10-23-20)15-8-13(21)3-4-16(15)25-19/h3-8,10,25H,9H2,1-2H3,(H,24,26). The summed E-state index contributed by atoms with van der Waals surface area (Å²) in [5.74, 6) is -0.217. The Labute approximate surface area is 159 Å². The summed E-state index contributed by atoms with van der Waals surface area (Å²) in [4.78, 5) is 24.1. The van der Waals surface area contributed by atoms with Crippen LogP contribution in [0.25, 0.3) is 21.9 Å². The average molecular weight is 380 g/mol. The molecule has 0 aliphatic rings. The molecule has 0 spiro atoms. The smallest absolute Gasteiger partial charge is 0.234 e. The van der Waals surface area contributed by atoms with Gasteiger partial charge in [0.05, 0.1) is 11.3 Å². The van der Waals surface area contributed by atoms with Gasteiger partial charge in [-0.2, -0.15) is 0 Å². The summed E-state index contributed by atoms with van der Waals surface area (Å²) >= 11 is 1.32. The number of nitrogens with one attached hydrogen (secondary N) is 2. The minimum Gasteiger partial charge on any atom is -0.351 e. The number of benzene rings is 2. The first-order valence-corrected chi connectivity index (χ1v) is 9.41. The van der Waals surface area contributed by atoms with Gasteiger partial charge in [-0.05, 0) is 55.3 Å². The van der Waals surface area contributed by atoms with Gasteiger partial charge in [-0.15, -0.1) is 0 Å². The van der Waals surface area contributed by atoms with Crippen molar-refractivity contribution in [2.24, 2.45) is 0 Å². The molecule has 4 rings (SSSR count). The number of H-pyrrole nitrogens is 1. The van der Waals surface area contributed by atoms with Crippen LogP contribution in [0.15, 0.2) is 47.8 Å². The number of anilines is 1. The number of hydrogen-bond donors (Lipinski definition) is 2. The molecule has 4 aromatic rings. The number of carbonyl (C=O) groups is 1. The normalized spacial score (nSPS) is 11.2. The molecule has 0 fully saturated rings. The van der Waals surface area contributed by atoms with Crippen LogP contribution in [0.2, 0.25) is 0 Å². The molecule has 5 nitrogen and oxygen atoms in total. The molecule has 7 heteroatoms. The molecule has 0 saturated heterocycles. The molecule has 0 saturated carbocycles. The van der Waals surface area contributed by atoms with Crippen molar-refractivity contribution in [3.8, 4) is 0 Å². The Morgan fingerprint density at radius 2 is 1.93 bits per heavy atom. The van der Waals surface area contributed by atoms with Crippen LogP contribution in [-0.2, 0) is 4.79 Å². The highest BCUT2D eigenvalue weighted by molar-refractivity contribution is 8.00. The fourth-order valence-corrected chi connectivity index (χ4v) is 3.88. The van der Waals surface area contributed by atoms with Crippen molar-refractivity contribution in [1.29, 1.82) is 0 Å². The quantitative estimate of drug-likeness (QED) is 0.401. The van der Waals surface area contributed by atoms with E-state index in [-0.39, 0.29) is 17.5 Å². The number of aryl methyl sites for hydroxylation is 2. The van der Waals surface area contributed by atoms with Crippen LogP contribution >= 0.6 is 11.8 Å². The lowest BCUT2D eigenvalue weighted by molar-refractivity contribution is -0.113. The molecule has 2 aromatic carbocycles. The molecular formula is C20H17FN4OS. The molecule has 0 atom stereocenters. The Morgan fingerprint density at radius 3 is 2.70 bits per heavy atom. The van der Waals surface area contributed by atoms with Gasteiger partial charge < -0.3 is 10.3 Å². The molecule has 0 aliphatic heterocycles. The number of carbonyl (C=O) groups excluding carboxylic acids is 1. The van der Waals surface area contributed by atoms with Crippen LogP contribution in [0.1, 0.15) is 11.1 Å². The Morgan fingerprint density at radius 1 is 1.15 bits per heavy atom. The van der Waals surface area contributed by atoms with Crippen LogP contribution < -0.4 is 5.32 Å². The summed E-state index contributed by atoms with van der Waals surface area (Å²) in [6.45, 7) is 3.99. The first kappa shape index (κ1) is 17.5. The zero-order valence-electron chi connectivity index (χ0n) is 14.8. The minimum atomic E-state index is -0.316. The predicted molar refractivity (Wildman–Crippen MR) is 107 cm³/mol. The fraction of sp³-hybridized carbons (Fsp3) is 0.150. The van der Waals surface area contributed by atoms with E-state index >= 15 is 0 Å². The molecule has 136 valence electrons. The number of fused-ring (bicyclic) bond motifs is 3. The number of halogens is 1. The lowest BCUT2D eigenvalue weighted by Crippen LogP contribution is -2.14. The molecule has 2 heterocycles. The summed E-state index contributed by atoms with van der Waals surface area (Å²) < 4.78 is 13.5. The van der Waals surface area contributed by atoms with E-state index in [4.69, 9.17) is 0 Å². The van der Waals surface area contributed by atoms with E-state index in [1.54, 1.807) is 6.07 Å². The highest BCUT2D eigenvalue weighted by Gasteiger charge is 2.13. The van der Waals surface area contributed by atoms with Gasteiger partial charge >= 0.3 is 0 Å². The summed E-state index contributed by atoms with van der Waals surface area (Å²) in [5.41, 5.74) is 5.13. The second-order valence-electron chi connectivity index (χ2n) is 6.43. The van der Waals surface area contributed by atoms with Gasteiger partial charge in [-0.25, -0.2) is 14.4 Å². The molecule has 27 heavy (non-hydrogen) atoms. The van der Waals surface area contributed by atoms with Crippen molar-refractivity contribution in [1.82, 2.24) is 15.0 Å². The second kappa shape index (κ2) is 7.00. The molecule has 0 radical (unpaired) electrons. The number of hydrogen-bond acceptors (Lipinski definition) is 4. The van der Waals surface area contributed by atoms with Crippen molar-refractivity contribution >= 4 is 45.3 Å². The van der Waals surface area contributed by atoms with Gasteiger partial charge in [0.25, 0.3) is 0 Å². The molecule has 1 amide bonds. The zero-order valence-corrected chi connectivity index (χ0v) is 15.7. The largest absolute Gasteiger partial charge is 0.351 e. The Hall–Kier alpha value is -2.93. The second-order valence-corrected chi connectivity index (χ2v) is 7.39. The van der Waals surface area contributed by atoms with Gasteiger partial charge in [-0.3, -0.25) is 4.79 Å². The van der Waals surface area contributed by atoms with E-state index in [9.17, 15) is 9.18 Å². The van der Waals surface area contributed by atoms with Gasteiger partial charge in [0.15, 0.2) is 0 Å². The Bertz CT molecular complexity index is 1150. The van der Waals surface area contributed by atoms with E-state index in [0.717, 1.165) is 22.3 Å². The summed E-state index contributed by atoms with van der Waals surface area (Å²) in [5, 5.41) is 4.28. The van der Waals surface area contributed by atoms with Gasteiger partial charge in [-0.1, -0.05) is 17.8 Å². The first-order valence-electron chi connectivity index (χ1n) is 8.42. The van der Waals surface area contributed by atoms with Gasteiger partial charge in [0.2, 0.25) is 5.91 Å². The van der Waals surface area contributed by atoms with Crippen LogP contribution in [0.5, 0.6) is 0 Å². The Kier molecular flexibility index (Phi) is 4.53. The lowest BCUT2D eigenvalue weighted by atomic mass is 10.1. The number of aromatic amines is 1. The number of rotatable bonds is 4. The van der Waals surface area contributed by atoms with E-state index in [2.05, 4.69) is 26.3 Å². The van der Waals surface area contributed by atoms with E-state index < -0.39 is 0 Å². The number of nitrogens with zero attached hydrogens (tertiary/aromatic N) is 2. The van der Waals surface area contributed by atoms with E-state index in [0.29, 0.717) is 21.4 Å². The highest BCUT2D eigenvalue weighted by atomic mass is 32.2. The molecule has 2 aromatic heterocycles. The molecule has 0 aliphatic carbocycles. The van der Waals surface area contributed by atoms with Crippen LogP contribution in [0, 0.1) is 19.7 Å². The lowest BCUT2D eigenvalue weighted by Gasteiger charge is -2.07. The minimum absolute atomic E-state index is 0.112. The molecule has 0 bridgehead atoms. The summed E-state index contributed by atoms with van der Waals surface area (Å²) in [6.07, 6.45) is 1.44. The maximum Gasteiger partial charge on any atom is 0.234 e. The first-order chi connectivity index (χ1) is 13.0. The van der Waals surface area contributed by atoms with Crippen molar-refractivity contribution < 1.29 is 9.18 Å². The molecular weight excluding hydrogens is 363 g/mol. The summed E-state index contributed by atoms with van der Waals surface area (Å²) in [6, 6.07) is 10.4. The monoisotopic (exact) mass is 380 g/mol. The number of aromatic nitrogens is 3. The van der Waals surface area contributed by atoms with Crippen LogP contribution in [0.4, 0.5) is 10.1 Å². The number of amides is 1. The fourth-order valence-electron chi connectivity index (χ4n) is 3.13. The zero-order chi connectivity index (χ0) is 19.0. The number of thioether (sulfide) groups is 1. The summed E-state index contributed by atoms with van der Waals surface area (Å²) in [7, 11) is 0. The maximum atomic E-state index is 13.5. The van der Waals surface area contributed by atoms with Crippen LogP contribution in [0.3, 0.4) is 0 Å².